The van der Waals surface area contributed by atoms with E-state index in [-0.39, 0.29) is 0 Å². The fraction of sp³-hybridized carbons (Fsp3) is 0.109. The van der Waals surface area contributed by atoms with Gasteiger partial charge in [0.15, 0.2) is 0 Å². The van der Waals surface area contributed by atoms with Gasteiger partial charge in [0, 0.05) is 39.4 Å². The van der Waals surface area contributed by atoms with Crippen molar-refractivity contribution < 1.29 is 0 Å². The Morgan fingerprint density at radius 2 is 1.38 bits per heavy atom. The molecule has 278 valence electrons. The molecule has 7 aromatic carbocycles. The van der Waals surface area contributed by atoms with E-state index in [9.17, 15) is 0 Å². The molecule has 58 heavy (non-hydrogen) atoms. The second kappa shape index (κ2) is 13.9. The Kier molecular flexibility index (Phi) is 8.22. The van der Waals surface area contributed by atoms with Gasteiger partial charge in [0.1, 0.15) is 5.84 Å². The number of fused-ring (bicyclic) bond motifs is 9. The molecule has 0 bridgehead atoms. The Morgan fingerprint density at radius 3 is 2.24 bits per heavy atom. The molecule has 2 heterocycles. The van der Waals surface area contributed by atoms with Crippen LogP contribution < -0.4 is 10.6 Å². The van der Waals surface area contributed by atoms with Gasteiger partial charge < -0.3 is 4.57 Å². The van der Waals surface area contributed by atoms with Crippen LogP contribution in [0, 0.1) is 11.8 Å². The van der Waals surface area contributed by atoms with Gasteiger partial charge in [-0.3, -0.25) is 4.57 Å². The molecule has 0 spiro atoms. The van der Waals surface area contributed by atoms with Crippen molar-refractivity contribution in [3.8, 4) is 16.8 Å². The highest BCUT2D eigenvalue weighted by atomic mass is 15.1. The molecule has 11 rings (SSSR count). The van der Waals surface area contributed by atoms with E-state index in [1.807, 2.05) is 0 Å². The molecular weight excluding hydrogens is 703 g/mol. The SMILES string of the molecule is CCc1ccccc1N=C(Cc1ccc(-c2ccccc2)cc1)n1c2c(c3cc(-n4c5ccccc5c5c6ccccc6ccc54)ccc31)=C1C=CC=CC1C(C)C=2. The first kappa shape index (κ1) is 34.3. The van der Waals surface area contributed by atoms with E-state index < -0.39 is 0 Å². The summed E-state index contributed by atoms with van der Waals surface area (Å²) in [4.78, 5) is 5.63. The number of benzene rings is 7. The summed E-state index contributed by atoms with van der Waals surface area (Å²) in [6.07, 6.45) is 13.2. The summed E-state index contributed by atoms with van der Waals surface area (Å²) in [5, 5.41) is 8.90. The van der Waals surface area contributed by atoms with Crippen LogP contribution in [-0.2, 0) is 12.8 Å². The van der Waals surface area contributed by atoms with Crippen molar-refractivity contribution >= 4 is 66.7 Å². The normalized spacial score (nSPS) is 16.3. The number of hydrogen-bond donors (Lipinski definition) is 0. The Balaban J connectivity index is 1.18. The molecule has 2 atom stereocenters. The van der Waals surface area contributed by atoms with Gasteiger partial charge in [0.25, 0.3) is 0 Å². The number of aromatic nitrogens is 2. The first-order valence-corrected chi connectivity index (χ1v) is 20.6. The molecule has 9 aromatic rings. The second-order valence-corrected chi connectivity index (χ2v) is 15.8. The maximum Gasteiger partial charge on any atom is 0.118 e. The molecular formula is C55H43N3. The first-order chi connectivity index (χ1) is 28.6. The van der Waals surface area contributed by atoms with E-state index in [0.29, 0.717) is 18.3 Å². The van der Waals surface area contributed by atoms with E-state index in [4.69, 9.17) is 4.99 Å². The number of aryl methyl sites for hydroxylation is 1. The number of rotatable bonds is 6. The van der Waals surface area contributed by atoms with Gasteiger partial charge in [0.05, 0.1) is 27.6 Å². The Labute approximate surface area is 338 Å². The lowest BCUT2D eigenvalue weighted by molar-refractivity contribution is 0.647. The van der Waals surface area contributed by atoms with Crippen molar-refractivity contribution in [3.63, 3.8) is 0 Å². The summed E-state index contributed by atoms with van der Waals surface area (Å²) < 4.78 is 4.95. The number of aliphatic imine (C=N–C) groups is 1. The number of para-hydroxylation sites is 2. The van der Waals surface area contributed by atoms with Gasteiger partial charge >= 0.3 is 0 Å². The third-order valence-electron chi connectivity index (χ3n) is 12.5. The van der Waals surface area contributed by atoms with Crippen LogP contribution in [-0.4, -0.2) is 15.0 Å². The van der Waals surface area contributed by atoms with Crippen molar-refractivity contribution in [2.75, 3.05) is 0 Å². The van der Waals surface area contributed by atoms with Crippen molar-refractivity contribution in [2.24, 2.45) is 16.8 Å². The van der Waals surface area contributed by atoms with Gasteiger partial charge in [-0.05, 0) is 87.3 Å². The number of hydrogen-bond acceptors (Lipinski definition) is 1. The maximum absolute atomic E-state index is 5.63. The van der Waals surface area contributed by atoms with Crippen LogP contribution in [0.1, 0.15) is 25.0 Å². The van der Waals surface area contributed by atoms with Crippen molar-refractivity contribution in [1.82, 2.24) is 9.13 Å². The molecule has 0 amide bonds. The smallest absolute Gasteiger partial charge is 0.118 e. The zero-order valence-corrected chi connectivity index (χ0v) is 32.8. The average Bonchev–Trinajstić information content (AvgIpc) is 3.79. The Hall–Kier alpha value is -6.97. The van der Waals surface area contributed by atoms with Gasteiger partial charge in [-0.2, -0.15) is 0 Å². The van der Waals surface area contributed by atoms with E-state index in [1.54, 1.807) is 0 Å². The first-order valence-electron chi connectivity index (χ1n) is 20.6. The fourth-order valence-corrected chi connectivity index (χ4v) is 9.67. The highest BCUT2D eigenvalue weighted by molar-refractivity contribution is 6.21. The lowest BCUT2D eigenvalue weighted by Crippen LogP contribution is -2.40. The van der Waals surface area contributed by atoms with Crippen LogP contribution in [0.3, 0.4) is 0 Å². The van der Waals surface area contributed by atoms with Crippen LogP contribution in [0.4, 0.5) is 5.69 Å². The summed E-state index contributed by atoms with van der Waals surface area (Å²) in [6.45, 7) is 4.58. The zero-order valence-electron chi connectivity index (χ0n) is 32.8. The van der Waals surface area contributed by atoms with Crippen LogP contribution >= 0.6 is 0 Å². The lowest BCUT2D eigenvalue weighted by atomic mass is 9.80. The molecule has 0 fully saturated rings. The van der Waals surface area contributed by atoms with Crippen molar-refractivity contribution in [2.45, 2.75) is 26.7 Å². The third kappa shape index (κ3) is 5.53. The van der Waals surface area contributed by atoms with E-state index >= 15 is 0 Å². The Bertz CT molecular complexity index is 3300. The molecule has 0 aliphatic heterocycles. The van der Waals surface area contributed by atoms with Crippen LogP contribution in [0.5, 0.6) is 0 Å². The minimum atomic E-state index is 0.312. The highest BCUT2D eigenvalue weighted by Gasteiger charge is 2.27. The maximum atomic E-state index is 5.63. The van der Waals surface area contributed by atoms with E-state index in [2.05, 4.69) is 211 Å². The Morgan fingerprint density at radius 1 is 0.638 bits per heavy atom. The fourth-order valence-electron chi connectivity index (χ4n) is 9.67. The minimum absolute atomic E-state index is 0.312. The molecule has 3 nitrogen and oxygen atoms in total. The van der Waals surface area contributed by atoms with E-state index in [0.717, 1.165) is 23.6 Å². The van der Waals surface area contributed by atoms with Gasteiger partial charge in [-0.1, -0.05) is 166 Å². The molecule has 3 heteroatoms. The third-order valence-corrected chi connectivity index (χ3v) is 12.5. The molecule has 2 aromatic heterocycles. The summed E-state index contributed by atoms with van der Waals surface area (Å²) >= 11 is 0. The summed E-state index contributed by atoms with van der Waals surface area (Å²) in [5.74, 6) is 1.66. The molecule has 0 saturated carbocycles. The van der Waals surface area contributed by atoms with Gasteiger partial charge in [0.2, 0.25) is 0 Å². The molecule has 0 radical (unpaired) electrons. The molecule has 2 aliphatic rings. The minimum Gasteiger partial charge on any atom is -0.309 e. The molecule has 2 aliphatic carbocycles. The topological polar surface area (TPSA) is 22.2 Å². The quantitative estimate of drug-likeness (QED) is 0.119. The molecule has 0 saturated heterocycles. The highest BCUT2D eigenvalue weighted by Crippen LogP contribution is 2.38. The van der Waals surface area contributed by atoms with Crippen molar-refractivity contribution in [3.05, 3.63) is 204 Å². The summed E-state index contributed by atoms with van der Waals surface area (Å²) in [5.41, 5.74) is 12.1. The van der Waals surface area contributed by atoms with Gasteiger partial charge in [-0.15, -0.1) is 0 Å². The average molecular weight is 746 g/mol. The van der Waals surface area contributed by atoms with Crippen LogP contribution in [0.25, 0.3) is 71.9 Å². The molecule has 2 unspecified atom stereocenters. The van der Waals surface area contributed by atoms with Crippen LogP contribution in [0.15, 0.2) is 187 Å². The number of nitrogens with zero attached hydrogens (tertiary/aromatic N) is 3. The second-order valence-electron chi connectivity index (χ2n) is 15.8. The molecule has 0 N–H and O–H groups in total. The standard InChI is InChI=1S/C55H43N3/c1-3-38-15-8-13-23-48(38)56-53(34-37-25-27-40(28-26-37)39-16-5-4-6-17-39)58-50-32-30-42(35-47(50)55-45-21-11-10-19-43(45)36(2)33-52(55)58)57-49-24-14-12-22-46(49)54-44-20-9-7-18-41(44)29-31-51(54)57/h4-33,35-36,43H,3,34H2,1-2H3. The largest absolute Gasteiger partial charge is 0.309 e. The van der Waals surface area contributed by atoms with Crippen LogP contribution in [0.2, 0.25) is 0 Å². The van der Waals surface area contributed by atoms with Crippen molar-refractivity contribution in [1.29, 1.82) is 0 Å². The van der Waals surface area contributed by atoms with E-state index in [1.165, 1.54) is 81.9 Å². The monoisotopic (exact) mass is 745 g/mol. The summed E-state index contributed by atoms with van der Waals surface area (Å²) in [6, 6.07) is 57.6. The number of allylic oxidation sites excluding steroid dienone is 4. The zero-order chi connectivity index (χ0) is 38.7. The predicted molar refractivity (Wildman–Crippen MR) is 246 cm³/mol. The lowest BCUT2D eigenvalue weighted by Gasteiger charge is -2.25. The summed E-state index contributed by atoms with van der Waals surface area (Å²) in [7, 11) is 0. The van der Waals surface area contributed by atoms with Gasteiger partial charge in [-0.25, -0.2) is 4.99 Å². The predicted octanol–water partition coefficient (Wildman–Crippen LogP) is 12.3.